The van der Waals surface area contributed by atoms with Gasteiger partial charge in [-0.15, -0.1) is 24.0 Å². The Labute approximate surface area is 175 Å². The van der Waals surface area contributed by atoms with Crippen molar-refractivity contribution in [3.05, 3.63) is 24.2 Å². The molecule has 0 saturated carbocycles. The van der Waals surface area contributed by atoms with Gasteiger partial charge in [-0.2, -0.15) is 0 Å². The summed E-state index contributed by atoms with van der Waals surface area (Å²) in [5.74, 6) is 1.84. The number of unbranched alkanes of at least 4 members (excludes halogenated alkanes) is 1. The van der Waals surface area contributed by atoms with Gasteiger partial charge in [0.2, 0.25) is 0 Å². The first-order valence-corrected chi connectivity index (χ1v) is 9.46. The first-order valence-electron chi connectivity index (χ1n) is 9.46. The fourth-order valence-corrected chi connectivity index (χ4v) is 2.19. The highest BCUT2D eigenvalue weighted by Gasteiger charge is 2.01. The summed E-state index contributed by atoms with van der Waals surface area (Å²) < 4.78 is 16.3. The molecule has 0 amide bonds. The summed E-state index contributed by atoms with van der Waals surface area (Å²) in [6.45, 7) is 10.9. The molecule has 0 unspecified atom stereocenters. The second kappa shape index (κ2) is 17.6. The molecule has 0 aromatic carbocycles. The van der Waals surface area contributed by atoms with E-state index in [0.717, 1.165) is 76.9 Å². The Bertz CT molecular complexity index is 439. The van der Waals surface area contributed by atoms with Crippen LogP contribution in [0.1, 0.15) is 45.8 Å². The number of furan rings is 1. The van der Waals surface area contributed by atoms with Crippen molar-refractivity contribution in [2.45, 2.75) is 52.6 Å². The van der Waals surface area contributed by atoms with Crippen LogP contribution in [-0.4, -0.2) is 51.5 Å². The fraction of sp³-hybridized carbons (Fsp3) is 0.737. The van der Waals surface area contributed by atoms with Gasteiger partial charge in [0.1, 0.15) is 5.76 Å². The largest absolute Gasteiger partial charge is 0.469 e. The van der Waals surface area contributed by atoms with Crippen molar-refractivity contribution < 1.29 is 13.9 Å². The van der Waals surface area contributed by atoms with Crippen molar-refractivity contribution >= 4 is 29.9 Å². The molecular formula is C19H36IN3O3. The van der Waals surface area contributed by atoms with Gasteiger partial charge in [-0.05, 0) is 52.2 Å². The van der Waals surface area contributed by atoms with Gasteiger partial charge in [0.25, 0.3) is 0 Å². The molecule has 0 aliphatic rings. The van der Waals surface area contributed by atoms with Gasteiger partial charge in [0.05, 0.1) is 12.4 Å². The molecule has 0 spiro atoms. The van der Waals surface area contributed by atoms with Gasteiger partial charge in [0, 0.05) is 45.9 Å². The molecule has 1 rings (SSSR count). The number of hydrogen-bond acceptors (Lipinski definition) is 4. The fourth-order valence-electron chi connectivity index (χ4n) is 2.19. The molecule has 2 N–H and O–H groups in total. The zero-order valence-corrected chi connectivity index (χ0v) is 18.8. The number of rotatable bonds is 14. The topological polar surface area (TPSA) is 68.0 Å². The third-order valence-corrected chi connectivity index (χ3v) is 3.48. The molecule has 6 nitrogen and oxygen atoms in total. The van der Waals surface area contributed by atoms with Gasteiger partial charge in [-0.3, -0.25) is 4.99 Å². The first kappa shape index (κ1) is 25.2. The summed E-state index contributed by atoms with van der Waals surface area (Å²) in [6, 6.07) is 3.90. The van der Waals surface area contributed by atoms with Crippen molar-refractivity contribution in [1.82, 2.24) is 10.6 Å². The summed E-state index contributed by atoms with van der Waals surface area (Å²) >= 11 is 0. The van der Waals surface area contributed by atoms with E-state index >= 15 is 0 Å². The molecule has 0 radical (unpaired) electrons. The molecule has 1 aromatic heterocycles. The van der Waals surface area contributed by atoms with Gasteiger partial charge in [0.15, 0.2) is 5.96 Å². The van der Waals surface area contributed by atoms with E-state index in [1.165, 1.54) is 0 Å². The lowest BCUT2D eigenvalue weighted by Crippen LogP contribution is -2.39. The summed E-state index contributed by atoms with van der Waals surface area (Å²) in [5, 5.41) is 6.76. The SMILES string of the molecule is CCOCCCN=C(NCCCCOC(C)C)NCCc1ccco1.I. The maximum Gasteiger partial charge on any atom is 0.191 e. The van der Waals surface area contributed by atoms with Crippen LogP contribution in [0.25, 0.3) is 0 Å². The predicted molar refractivity (Wildman–Crippen MR) is 118 cm³/mol. The zero-order chi connectivity index (χ0) is 18.2. The molecule has 0 saturated heterocycles. The average molecular weight is 481 g/mol. The van der Waals surface area contributed by atoms with Crippen LogP contribution >= 0.6 is 24.0 Å². The maximum absolute atomic E-state index is 5.56. The number of hydrogen-bond donors (Lipinski definition) is 2. The Morgan fingerprint density at radius 3 is 2.65 bits per heavy atom. The van der Waals surface area contributed by atoms with E-state index in [0.29, 0.717) is 6.10 Å². The molecule has 1 aromatic rings. The number of nitrogens with one attached hydrogen (secondary N) is 2. The van der Waals surface area contributed by atoms with E-state index < -0.39 is 0 Å². The first-order chi connectivity index (χ1) is 12.2. The number of aliphatic imine (C=N–C) groups is 1. The minimum Gasteiger partial charge on any atom is -0.469 e. The molecule has 0 bridgehead atoms. The lowest BCUT2D eigenvalue weighted by atomic mass is 10.3. The van der Waals surface area contributed by atoms with Crippen LogP contribution in [0.3, 0.4) is 0 Å². The Morgan fingerprint density at radius 2 is 1.96 bits per heavy atom. The van der Waals surface area contributed by atoms with E-state index in [9.17, 15) is 0 Å². The van der Waals surface area contributed by atoms with Crippen LogP contribution < -0.4 is 10.6 Å². The Morgan fingerprint density at radius 1 is 1.15 bits per heavy atom. The molecule has 7 heteroatoms. The monoisotopic (exact) mass is 481 g/mol. The normalized spacial score (nSPS) is 11.5. The van der Waals surface area contributed by atoms with Crippen LogP contribution in [0, 0.1) is 0 Å². The van der Waals surface area contributed by atoms with Crippen LogP contribution in [-0.2, 0) is 15.9 Å². The van der Waals surface area contributed by atoms with Gasteiger partial charge < -0.3 is 24.5 Å². The standard InChI is InChI=1S/C19H35N3O3.HI/c1-4-23-14-8-12-21-19(20-11-5-6-15-24-17(2)3)22-13-10-18-9-7-16-25-18;/h7,9,16-17H,4-6,8,10-15H2,1-3H3,(H2,20,21,22);1H. The number of halogens is 1. The van der Waals surface area contributed by atoms with E-state index in [1.807, 2.05) is 19.1 Å². The van der Waals surface area contributed by atoms with E-state index in [1.54, 1.807) is 6.26 Å². The van der Waals surface area contributed by atoms with Crippen LogP contribution in [0.15, 0.2) is 27.8 Å². The third-order valence-electron chi connectivity index (χ3n) is 3.48. The molecule has 0 fully saturated rings. The number of ether oxygens (including phenoxy) is 2. The van der Waals surface area contributed by atoms with Crippen molar-refractivity contribution in [2.24, 2.45) is 4.99 Å². The quantitative estimate of drug-likeness (QED) is 0.184. The Kier molecular flexibility index (Phi) is 17.1. The molecule has 0 aliphatic heterocycles. The molecule has 26 heavy (non-hydrogen) atoms. The Hall–Kier alpha value is -0.800. The lowest BCUT2D eigenvalue weighted by Gasteiger charge is -2.13. The Balaban J connectivity index is 0.00000625. The predicted octanol–water partition coefficient (Wildman–Crippen LogP) is 3.61. The molecule has 152 valence electrons. The zero-order valence-electron chi connectivity index (χ0n) is 16.5. The molecular weight excluding hydrogens is 445 g/mol. The van der Waals surface area contributed by atoms with Crippen molar-refractivity contribution in [2.75, 3.05) is 39.5 Å². The third kappa shape index (κ3) is 14.4. The van der Waals surface area contributed by atoms with Gasteiger partial charge in [-0.25, -0.2) is 0 Å². The number of guanidine groups is 1. The van der Waals surface area contributed by atoms with E-state index in [2.05, 4.69) is 29.5 Å². The second-order valence-electron chi connectivity index (χ2n) is 6.09. The van der Waals surface area contributed by atoms with Crippen LogP contribution in [0.4, 0.5) is 0 Å². The summed E-state index contributed by atoms with van der Waals surface area (Å²) in [4.78, 5) is 4.61. The number of nitrogens with zero attached hydrogens (tertiary/aromatic N) is 1. The average Bonchev–Trinajstić information content (AvgIpc) is 3.10. The molecule has 0 atom stereocenters. The molecule has 1 heterocycles. The highest BCUT2D eigenvalue weighted by atomic mass is 127. The van der Waals surface area contributed by atoms with E-state index in [-0.39, 0.29) is 24.0 Å². The summed E-state index contributed by atoms with van der Waals surface area (Å²) in [5.41, 5.74) is 0. The van der Waals surface area contributed by atoms with Crippen molar-refractivity contribution in [3.8, 4) is 0 Å². The summed E-state index contributed by atoms with van der Waals surface area (Å²) in [6.07, 6.45) is 5.89. The minimum atomic E-state index is 0. The summed E-state index contributed by atoms with van der Waals surface area (Å²) in [7, 11) is 0. The molecule has 0 aliphatic carbocycles. The van der Waals surface area contributed by atoms with E-state index in [4.69, 9.17) is 13.9 Å². The highest BCUT2D eigenvalue weighted by molar-refractivity contribution is 14.0. The van der Waals surface area contributed by atoms with Crippen molar-refractivity contribution in [1.29, 1.82) is 0 Å². The maximum atomic E-state index is 5.56. The second-order valence-corrected chi connectivity index (χ2v) is 6.09. The van der Waals surface area contributed by atoms with Gasteiger partial charge >= 0.3 is 0 Å². The van der Waals surface area contributed by atoms with Gasteiger partial charge in [-0.1, -0.05) is 0 Å². The lowest BCUT2D eigenvalue weighted by molar-refractivity contribution is 0.0762. The highest BCUT2D eigenvalue weighted by Crippen LogP contribution is 1.99. The smallest absolute Gasteiger partial charge is 0.191 e. The van der Waals surface area contributed by atoms with Crippen LogP contribution in [0.5, 0.6) is 0 Å². The van der Waals surface area contributed by atoms with Crippen molar-refractivity contribution in [3.63, 3.8) is 0 Å². The van der Waals surface area contributed by atoms with Crippen LogP contribution in [0.2, 0.25) is 0 Å². The minimum absolute atomic E-state index is 0.